The van der Waals surface area contributed by atoms with Crippen molar-refractivity contribution in [2.24, 2.45) is 0 Å². The Morgan fingerprint density at radius 1 is 1.07 bits per heavy atom. The van der Waals surface area contributed by atoms with Crippen LogP contribution >= 0.6 is 12.4 Å². The summed E-state index contributed by atoms with van der Waals surface area (Å²) in [6, 6.07) is 15.7. The molecule has 0 radical (unpaired) electrons. The third-order valence-electron chi connectivity index (χ3n) is 5.34. The van der Waals surface area contributed by atoms with Crippen molar-refractivity contribution in [3.05, 3.63) is 71.0 Å². The fourth-order valence-electron chi connectivity index (χ4n) is 3.70. The molecular formula is C23H26ClN5O. The van der Waals surface area contributed by atoms with Gasteiger partial charge in [-0.2, -0.15) is 5.10 Å². The highest BCUT2D eigenvalue weighted by atomic mass is 35.5. The first-order valence-corrected chi connectivity index (χ1v) is 9.87. The molecule has 0 fully saturated rings. The minimum Gasteiger partial charge on any atom is -0.399 e. The van der Waals surface area contributed by atoms with Crippen LogP contribution in [0.3, 0.4) is 0 Å². The van der Waals surface area contributed by atoms with Crippen LogP contribution < -0.4 is 11.1 Å². The fraction of sp³-hybridized carbons (Fsp3) is 0.261. The number of carbonyl (C=O) groups is 1. The lowest BCUT2D eigenvalue weighted by molar-refractivity contribution is -0.121. The monoisotopic (exact) mass is 423 g/mol. The number of nitrogen functional groups attached to an aromatic ring is 1. The molecule has 30 heavy (non-hydrogen) atoms. The number of fused-ring (bicyclic) bond motifs is 3. The minimum atomic E-state index is 0. The number of nitrogens with zero attached hydrogens (tertiary/aromatic N) is 3. The SMILES string of the molecule is Cc1nc2c3ccccc3nn2c(C)c1CCC(=O)NCCc1ccc(N)cc1.Cl. The predicted octanol–water partition coefficient (Wildman–Crippen LogP) is 3.79. The molecule has 2 aromatic carbocycles. The first-order valence-electron chi connectivity index (χ1n) is 9.87. The van der Waals surface area contributed by atoms with Crippen LogP contribution in [-0.2, 0) is 17.6 Å². The van der Waals surface area contributed by atoms with Crippen molar-refractivity contribution in [1.82, 2.24) is 19.9 Å². The van der Waals surface area contributed by atoms with E-state index in [1.165, 1.54) is 0 Å². The molecule has 0 bridgehead atoms. The smallest absolute Gasteiger partial charge is 0.220 e. The van der Waals surface area contributed by atoms with Gasteiger partial charge in [0.15, 0.2) is 5.65 Å². The van der Waals surface area contributed by atoms with Crippen LogP contribution in [0.25, 0.3) is 16.6 Å². The summed E-state index contributed by atoms with van der Waals surface area (Å²) < 4.78 is 1.89. The molecule has 0 atom stereocenters. The number of amides is 1. The Balaban J connectivity index is 0.00000256. The van der Waals surface area contributed by atoms with E-state index in [2.05, 4.69) is 10.4 Å². The van der Waals surface area contributed by atoms with E-state index in [-0.39, 0.29) is 18.3 Å². The molecule has 0 aliphatic heterocycles. The molecule has 2 heterocycles. The van der Waals surface area contributed by atoms with Gasteiger partial charge in [-0.25, -0.2) is 9.50 Å². The Labute approximate surface area is 181 Å². The number of aryl methyl sites for hydroxylation is 2. The molecule has 4 rings (SSSR count). The van der Waals surface area contributed by atoms with Gasteiger partial charge in [-0.1, -0.05) is 24.3 Å². The quantitative estimate of drug-likeness (QED) is 0.462. The molecule has 4 aromatic rings. The van der Waals surface area contributed by atoms with Gasteiger partial charge in [-0.15, -0.1) is 12.4 Å². The van der Waals surface area contributed by atoms with Crippen LogP contribution in [0.1, 0.15) is 28.9 Å². The Morgan fingerprint density at radius 2 is 1.80 bits per heavy atom. The summed E-state index contributed by atoms with van der Waals surface area (Å²) in [5.41, 5.74) is 12.5. The van der Waals surface area contributed by atoms with E-state index in [1.54, 1.807) is 0 Å². The summed E-state index contributed by atoms with van der Waals surface area (Å²) in [5.74, 6) is 0.0463. The van der Waals surface area contributed by atoms with Crippen molar-refractivity contribution in [1.29, 1.82) is 0 Å². The predicted molar refractivity (Wildman–Crippen MR) is 123 cm³/mol. The van der Waals surface area contributed by atoms with Crippen molar-refractivity contribution in [3.8, 4) is 0 Å². The zero-order valence-electron chi connectivity index (χ0n) is 17.2. The van der Waals surface area contributed by atoms with Gasteiger partial charge in [0.25, 0.3) is 0 Å². The number of aromatic nitrogens is 3. The molecule has 1 amide bonds. The van der Waals surface area contributed by atoms with Gasteiger partial charge in [0.2, 0.25) is 5.91 Å². The molecule has 0 saturated carbocycles. The number of hydrogen-bond acceptors (Lipinski definition) is 4. The van der Waals surface area contributed by atoms with E-state index in [1.807, 2.05) is 66.9 Å². The van der Waals surface area contributed by atoms with E-state index < -0.39 is 0 Å². The molecule has 156 valence electrons. The highest BCUT2D eigenvalue weighted by molar-refractivity contribution is 5.92. The fourth-order valence-corrected chi connectivity index (χ4v) is 3.70. The zero-order chi connectivity index (χ0) is 20.4. The van der Waals surface area contributed by atoms with E-state index in [9.17, 15) is 4.79 Å². The molecule has 0 saturated heterocycles. The molecule has 0 spiro atoms. The van der Waals surface area contributed by atoms with E-state index in [0.29, 0.717) is 19.4 Å². The third-order valence-corrected chi connectivity index (χ3v) is 5.34. The Hall–Kier alpha value is -3.12. The summed E-state index contributed by atoms with van der Waals surface area (Å²) in [6.07, 6.45) is 1.86. The first-order chi connectivity index (χ1) is 14.0. The second-order valence-corrected chi connectivity index (χ2v) is 7.36. The second-order valence-electron chi connectivity index (χ2n) is 7.36. The van der Waals surface area contributed by atoms with Gasteiger partial charge in [-0.05, 0) is 62.1 Å². The standard InChI is InChI=1S/C23H25N5O.ClH/c1-15-19(11-12-22(29)25-14-13-17-7-9-18(24)10-8-17)16(2)28-23(26-15)20-5-3-4-6-21(20)27-28;/h3-10H,11-14,24H2,1-2H3,(H,25,29);1H. The van der Waals surface area contributed by atoms with Crippen LogP contribution in [0.5, 0.6) is 0 Å². The van der Waals surface area contributed by atoms with E-state index >= 15 is 0 Å². The minimum absolute atomic E-state index is 0. The lowest BCUT2D eigenvalue weighted by Gasteiger charge is -2.11. The van der Waals surface area contributed by atoms with Crippen molar-refractivity contribution in [2.45, 2.75) is 33.1 Å². The average molecular weight is 424 g/mol. The lowest BCUT2D eigenvalue weighted by Crippen LogP contribution is -2.26. The molecule has 2 aromatic heterocycles. The Kier molecular flexibility index (Phi) is 6.57. The van der Waals surface area contributed by atoms with Gasteiger partial charge in [-0.3, -0.25) is 4.79 Å². The first kappa shape index (κ1) is 21.6. The maximum atomic E-state index is 12.3. The van der Waals surface area contributed by atoms with Gasteiger partial charge < -0.3 is 11.1 Å². The third kappa shape index (κ3) is 4.39. The van der Waals surface area contributed by atoms with Crippen molar-refractivity contribution in [2.75, 3.05) is 12.3 Å². The number of benzene rings is 2. The summed E-state index contributed by atoms with van der Waals surface area (Å²) in [6.45, 7) is 4.66. The summed E-state index contributed by atoms with van der Waals surface area (Å²) in [4.78, 5) is 17.1. The van der Waals surface area contributed by atoms with Gasteiger partial charge >= 0.3 is 0 Å². The van der Waals surface area contributed by atoms with Crippen LogP contribution in [0.2, 0.25) is 0 Å². The Morgan fingerprint density at radius 3 is 2.57 bits per heavy atom. The number of halogens is 1. The maximum absolute atomic E-state index is 12.3. The van der Waals surface area contributed by atoms with Gasteiger partial charge in [0.1, 0.15) is 0 Å². The summed E-state index contributed by atoms with van der Waals surface area (Å²) in [7, 11) is 0. The van der Waals surface area contributed by atoms with E-state index in [0.717, 1.165) is 51.2 Å². The zero-order valence-corrected chi connectivity index (χ0v) is 18.0. The number of nitrogens with one attached hydrogen (secondary N) is 1. The number of nitrogens with two attached hydrogens (primary N) is 1. The molecule has 3 N–H and O–H groups in total. The lowest BCUT2D eigenvalue weighted by atomic mass is 10.1. The summed E-state index contributed by atoms with van der Waals surface area (Å²) >= 11 is 0. The number of anilines is 1. The van der Waals surface area contributed by atoms with Crippen LogP contribution in [0.15, 0.2) is 48.5 Å². The van der Waals surface area contributed by atoms with Crippen molar-refractivity contribution < 1.29 is 4.79 Å². The molecule has 0 aliphatic rings. The normalized spacial score (nSPS) is 10.9. The molecular weight excluding hydrogens is 398 g/mol. The van der Waals surface area contributed by atoms with Crippen molar-refractivity contribution >= 4 is 40.6 Å². The largest absolute Gasteiger partial charge is 0.399 e. The van der Waals surface area contributed by atoms with E-state index in [4.69, 9.17) is 10.7 Å². The molecule has 7 heteroatoms. The summed E-state index contributed by atoms with van der Waals surface area (Å²) in [5, 5.41) is 8.73. The number of hydrogen-bond donors (Lipinski definition) is 2. The number of rotatable bonds is 6. The average Bonchev–Trinajstić information content (AvgIpc) is 3.08. The van der Waals surface area contributed by atoms with Gasteiger partial charge in [0, 0.05) is 35.4 Å². The van der Waals surface area contributed by atoms with Crippen LogP contribution in [0.4, 0.5) is 5.69 Å². The van der Waals surface area contributed by atoms with Crippen molar-refractivity contribution in [3.63, 3.8) is 0 Å². The van der Waals surface area contributed by atoms with Crippen LogP contribution in [-0.4, -0.2) is 27.0 Å². The van der Waals surface area contributed by atoms with Crippen LogP contribution in [0, 0.1) is 13.8 Å². The number of carbonyl (C=O) groups excluding carboxylic acids is 1. The molecule has 0 aliphatic carbocycles. The van der Waals surface area contributed by atoms with Gasteiger partial charge in [0.05, 0.1) is 5.52 Å². The Bertz CT molecular complexity index is 1180. The second kappa shape index (κ2) is 9.13. The maximum Gasteiger partial charge on any atom is 0.220 e. The molecule has 0 unspecified atom stereocenters. The molecule has 6 nitrogen and oxygen atoms in total. The topological polar surface area (TPSA) is 85.3 Å². The highest BCUT2D eigenvalue weighted by Crippen LogP contribution is 2.22. The highest BCUT2D eigenvalue weighted by Gasteiger charge is 2.14.